The first-order valence-electron chi connectivity index (χ1n) is 4.07. The topological polar surface area (TPSA) is 65.2 Å². The fraction of sp³-hybridized carbons (Fsp3) is 0.333. The second-order valence-electron chi connectivity index (χ2n) is 2.80. The molecule has 1 aromatic heterocycles. The fourth-order valence-electron chi connectivity index (χ4n) is 1.03. The van der Waals surface area contributed by atoms with Crippen LogP contribution in [0.15, 0.2) is 18.3 Å². The maximum absolute atomic E-state index is 10.9. The number of hydrogen-bond acceptors (Lipinski definition) is 4. The van der Waals surface area contributed by atoms with Crippen molar-refractivity contribution in [1.82, 2.24) is 4.98 Å². The van der Waals surface area contributed by atoms with Crippen molar-refractivity contribution in [1.29, 1.82) is 0 Å². The van der Waals surface area contributed by atoms with Crippen LogP contribution in [0.4, 0.5) is 0 Å². The monoisotopic (exact) mass is 250 g/mol. The number of nitrogens with two attached hydrogens (primary N) is 1. The van der Waals surface area contributed by atoms with Crippen molar-refractivity contribution >= 4 is 30.0 Å². The molecule has 0 bridgehead atoms. The average Bonchev–Trinajstić information content (AvgIpc) is 2.17. The molecule has 4 nitrogen and oxygen atoms in total. The quantitative estimate of drug-likeness (QED) is 0.656. The molecule has 84 valence electrons. The molecule has 0 aliphatic rings. The molecular formula is C9H12Cl2N2O2. The first-order chi connectivity index (χ1) is 6.63. The number of aromatic nitrogens is 1. The minimum atomic E-state index is -0.400. The molecule has 1 atom stereocenters. The van der Waals surface area contributed by atoms with Gasteiger partial charge in [0.1, 0.15) is 5.15 Å². The van der Waals surface area contributed by atoms with E-state index in [2.05, 4.69) is 9.72 Å². The summed E-state index contributed by atoms with van der Waals surface area (Å²) in [5, 5.41) is 0.364. The Morgan fingerprint density at radius 1 is 1.73 bits per heavy atom. The molecule has 2 N–H and O–H groups in total. The van der Waals surface area contributed by atoms with Gasteiger partial charge in [-0.1, -0.05) is 11.6 Å². The van der Waals surface area contributed by atoms with Crippen LogP contribution < -0.4 is 5.73 Å². The predicted molar refractivity (Wildman–Crippen MR) is 60.1 cm³/mol. The summed E-state index contributed by atoms with van der Waals surface area (Å²) >= 11 is 5.68. The molecule has 0 radical (unpaired) electrons. The largest absolute Gasteiger partial charge is 0.469 e. The van der Waals surface area contributed by atoms with Gasteiger partial charge in [-0.05, 0) is 17.7 Å². The van der Waals surface area contributed by atoms with Gasteiger partial charge in [-0.2, -0.15) is 0 Å². The Bertz CT molecular complexity index is 334. The molecule has 1 rings (SSSR count). The number of hydrogen-bond donors (Lipinski definition) is 1. The van der Waals surface area contributed by atoms with Crippen LogP contribution in [0.25, 0.3) is 0 Å². The first kappa shape index (κ1) is 14.2. The Labute approximate surface area is 99.2 Å². The van der Waals surface area contributed by atoms with Crippen molar-refractivity contribution in [2.45, 2.75) is 12.5 Å². The molecule has 0 saturated carbocycles. The minimum Gasteiger partial charge on any atom is -0.469 e. The van der Waals surface area contributed by atoms with Crippen LogP contribution in [0, 0.1) is 0 Å². The highest BCUT2D eigenvalue weighted by molar-refractivity contribution is 6.29. The summed E-state index contributed by atoms with van der Waals surface area (Å²) in [6, 6.07) is 2.96. The zero-order valence-electron chi connectivity index (χ0n) is 8.14. The normalized spacial score (nSPS) is 11.4. The smallest absolute Gasteiger partial charge is 0.307 e. The SMILES string of the molecule is COC(=O)C[C@H](N)c1ccnc(Cl)c1.Cl. The Morgan fingerprint density at radius 2 is 2.40 bits per heavy atom. The third-order valence-electron chi connectivity index (χ3n) is 1.79. The lowest BCUT2D eigenvalue weighted by Gasteiger charge is -2.09. The number of halogens is 2. The lowest BCUT2D eigenvalue weighted by atomic mass is 10.1. The van der Waals surface area contributed by atoms with Crippen molar-refractivity contribution < 1.29 is 9.53 Å². The van der Waals surface area contributed by atoms with Crippen LogP contribution in [-0.4, -0.2) is 18.1 Å². The summed E-state index contributed by atoms with van der Waals surface area (Å²) in [5.74, 6) is -0.342. The molecule has 0 aliphatic carbocycles. The van der Waals surface area contributed by atoms with Crippen molar-refractivity contribution in [3.05, 3.63) is 29.0 Å². The minimum absolute atomic E-state index is 0. The van der Waals surface area contributed by atoms with Crippen molar-refractivity contribution in [2.24, 2.45) is 5.73 Å². The number of esters is 1. The number of rotatable bonds is 3. The van der Waals surface area contributed by atoms with Crippen LogP contribution in [-0.2, 0) is 9.53 Å². The van der Waals surface area contributed by atoms with Crippen LogP contribution in [0.2, 0.25) is 5.15 Å². The third-order valence-corrected chi connectivity index (χ3v) is 2.00. The lowest BCUT2D eigenvalue weighted by molar-refractivity contribution is -0.141. The van der Waals surface area contributed by atoms with Gasteiger partial charge in [0.15, 0.2) is 0 Å². The number of carbonyl (C=O) groups excluding carboxylic acids is 1. The van der Waals surface area contributed by atoms with E-state index in [1.807, 2.05) is 0 Å². The molecule has 0 aliphatic heterocycles. The molecule has 0 saturated heterocycles. The highest BCUT2D eigenvalue weighted by Gasteiger charge is 2.11. The molecular weight excluding hydrogens is 239 g/mol. The van der Waals surface area contributed by atoms with Crippen LogP contribution in [0.5, 0.6) is 0 Å². The molecule has 0 fully saturated rings. The van der Waals surface area contributed by atoms with Gasteiger partial charge in [0.2, 0.25) is 0 Å². The fourth-order valence-corrected chi connectivity index (χ4v) is 1.21. The molecule has 0 spiro atoms. The highest BCUT2D eigenvalue weighted by atomic mass is 35.5. The van der Waals surface area contributed by atoms with Crippen molar-refractivity contribution in [3.63, 3.8) is 0 Å². The van der Waals surface area contributed by atoms with Gasteiger partial charge < -0.3 is 10.5 Å². The number of pyridine rings is 1. The van der Waals surface area contributed by atoms with E-state index in [9.17, 15) is 4.79 Å². The molecule has 15 heavy (non-hydrogen) atoms. The summed E-state index contributed by atoms with van der Waals surface area (Å²) in [4.78, 5) is 14.7. The van der Waals surface area contributed by atoms with Crippen LogP contribution in [0.1, 0.15) is 18.0 Å². The van der Waals surface area contributed by atoms with Gasteiger partial charge in [-0.15, -0.1) is 12.4 Å². The van der Waals surface area contributed by atoms with E-state index in [-0.39, 0.29) is 24.8 Å². The number of ether oxygens (including phenoxy) is 1. The van der Waals surface area contributed by atoms with E-state index in [1.54, 1.807) is 18.3 Å². The van der Waals surface area contributed by atoms with E-state index in [0.29, 0.717) is 5.15 Å². The van der Waals surface area contributed by atoms with Crippen molar-refractivity contribution in [2.75, 3.05) is 7.11 Å². The Hall–Kier alpha value is -0.840. The lowest BCUT2D eigenvalue weighted by Crippen LogP contribution is -2.16. The predicted octanol–water partition coefficient (Wildman–Crippen LogP) is 1.72. The third kappa shape index (κ3) is 4.46. The molecule has 0 amide bonds. The first-order valence-corrected chi connectivity index (χ1v) is 4.45. The zero-order valence-corrected chi connectivity index (χ0v) is 9.72. The van der Waals surface area contributed by atoms with E-state index in [1.165, 1.54) is 7.11 Å². The van der Waals surface area contributed by atoms with Crippen molar-refractivity contribution in [3.8, 4) is 0 Å². The van der Waals surface area contributed by atoms with E-state index < -0.39 is 6.04 Å². The Kier molecular flexibility index (Phi) is 6.24. The van der Waals surface area contributed by atoms with Gasteiger partial charge in [0.25, 0.3) is 0 Å². The van der Waals surface area contributed by atoms with Gasteiger partial charge >= 0.3 is 5.97 Å². The molecule has 0 aromatic carbocycles. The van der Waals surface area contributed by atoms with Gasteiger partial charge in [-0.3, -0.25) is 4.79 Å². The van der Waals surface area contributed by atoms with Gasteiger partial charge in [0.05, 0.1) is 13.5 Å². The van der Waals surface area contributed by atoms with E-state index in [0.717, 1.165) is 5.56 Å². The van der Waals surface area contributed by atoms with Crippen LogP contribution >= 0.6 is 24.0 Å². The van der Waals surface area contributed by atoms with E-state index >= 15 is 0 Å². The van der Waals surface area contributed by atoms with Gasteiger partial charge in [-0.25, -0.2) is 4.98 Å². The summed E-state index contributed by atoms with van der Waals surface area (Å²) in [7, 11) is 1.33. The van der Waals surface area contributed by atoms with Gasteiger partial charge in [0, 0.05) is 12.2 Å². The van der Waals surface area contributed by atoms with Crippen LogP contribution in [0.3, 0.4) is 0 Å². The van der Waals surface area contributed by atoms with E-state index in [4.69, 9.17) is 17.3 Å². The number of carbonyl (C=O) groups is 1. The summed E-state index contributed by atoms with van der Waals surface area (Å²) in [5.41, 5.74) is 6.53. The second-order valence-corrected chi connectivity index (χ2v) is 3.19. The summed E-state index contributed by atoms with van der Waals surface area (Å²) in [6.45, 7) is 0. The highest BCUT2D eigenvalue weighted by Crippen LogP contribution is 2.16. The maximum atomic E-state index is 10.9. The number of nitrogens with zero attached hydrogens (tertiary/aromatic N) is 1. The Balaban J connectivity index is 0.00000196. The molecule has 1 heterocycles. The maximum Gasteiger partial charge on any atom is 0.307 e. The zero-order chi connectivity index (χ0) is 10.6. The molecule has 1 aromatic rings. The Morgan fingerprint density at radius 3 is 2.93 bits per heavy atom. The molecule has 6 heteroatoms. The summed E-state index contributed by atoms with van der Waals surface area (Å²) < 4.78 is 4.51. The number of methoxy groups -OCH3 is 1. The summed E-state index contributed by atoms with van der Waals surface area (Å²) in [6.07, 6.45) is 1.69. The second kappa shape index (κ2) is 6.61. The standard InChI is InChI=1S/C9H11ClN2O2.ClH/c1-14-9(13)5-7(11)6-2-3-12-8(10)4-6;/h2-4,7H,5,11H2,1H3;1H/t7-;/m0./s1. The average molecular weight is 251 g/mol. The molecule has 0 unspecified atom stereocenters.